The van der Waals surface area contributed by atoms with Crippen molar-refractivity contribution in [3.05, 3.63) is 23.3 Å². The summed E-state index contributed by atoms with van der Waals surface area (Å²) in [6.45, 7) is 9.19. The van der Waals surface area contributed by atoms with E-state index >= 15 is 0 Å². The molecule has 0 aromatic carbocycles. The maximum Gasteiger partial charge on any atom is 0.331 e. The van der Waals surface area contributed by atoms with Crippen LogP contribution in [-0.2, 0) is 38.0 Å². The third-order valence-electron chi connectivity index (χ3n) is 23.0. The summed E-state index contributed by atoms with van der Waals surface area (Å²) < 4.78 is 34.4. The van der Waals surface area contributed by atoms with E-state index in [0.717, 1.165) is 17.6 Å². The van der Waals surface area contributed by atoms with E-state index in [1.807, 2.05) is 27.7 Å². The van der Waals surface area contributed by atoms with Crippen molar-refractivity contribution in [2.45, 2.75) is 220 Å². The number of fused-ring (bicyclic) bond motifs is 8. The Balaban J connectivity index is 0.000000163. The molecule has 20 nitrogen and oxygen atoms in total. The number of carbonyl (C=O) groups is 2. The first-order valence-electron chi connectivity index (χ1n) is 27.7. The van der Waals surface area contributed by atoms with E-state index in [9.17, 15) is 70.9 Å². The number of aliphatic hydroxyl groups excluding tert-OH is 8. The zero-order valence-electron chi connectivity index (χ0n) is 43.8. The van der Waals surface area contributed by atoms with E-state index in [1.165, 1.54) is 13.0 Å². The van der Waals surface area contributed by atoms with E-state index < -0.39 is 148 Å². The Hall–Kier alpha value is -2.22. The smallest absolute Gasteiger partial charge is 0.331 e. The number of carbonyl (C=O) groups excluding carboxylic acids is 2. The van der Waals surface area contributed by atoms with Gasteiger partial charge in [0.25, 0.3) is 0 Å². The molecule has 75 heavy (non-hydrogen) atoms. The van der Waals surface area contributed by atoms with Crippen molar-refractivity contribution in [3.8, 4) is 0 Å². The van der Waals surface area contributed by atoms with Crippen molar-refractivity contribution >= 4 is 11.9 Å². The number of esters is 2. The third-order valence-corrected chi connectivity index (χ3v) is 23.0. The van der Waals surface area contributed by atoms with Crippen LogP contribution in [0.4, 0.5) is 0 Å². The maximum absolute atomic E-state index is 12.4. The SMILES string of the molecule is CC1(C)OC[C@@]23C4C(CC[C@]2(O)C[C@@H](O)C[C@H]3O1)[C@@]1(O)CC[C@H](C2=CC(=O)OC2)[C@@]1(C)C[C@H]4O.C[C@@H]1O[C@@H](O[C@H]2C[C@@H](O)[C@]3(CO)C4C(CC[C@]3(O)C2)[C@@]2(O)CC[C@H](C3=CC(=O)OC3)[C@@]2(C)C[C@H]4O)[C@H](O)[C@H](O)[C@H]1O. The van der Waals surface area contributed by atoms with E-state index in [1.54, 1.807) is 6.08 Å². The highest BCUT2D eigenvalue weighted by atomic mass is 16.7. The zero-order chi connectivity index (χ0) is 54.0. The first-order chi connectivity index (χ1) is 35.1. The van der Waals surface area contributed by atoms with E-state index in [4.69, 9.17) is 28.4 Å². The van der Waals surface area contributed by atoms with E-state index in [2.05, 4.69) is 0 Å². The molecule has 0 aromatic rings. The van der Waals surface area contributed by atoms with Crippen molar-refractivity contribution in [1.82, 2.24) is 0 Å². The minimum Gasteiger partial charge on any atom is -0.458 e. The summed E-state index contributed by atoms with van der Waals surface area (Å²) in [6.07, 6.45) is -3.87. The van der Waals surface area contributed by atoms with Crippen LogP contribution in [0.5, 0.6) is 0 Å². The summed E-state index contributed by atoms with van der Waals surface area (Å²) in [5.74, 6) is -3.85. The molecule has 25 atom stereocenters. The molecular formula is C55H82O20. The lowest BCUT2D eigenvalue weighted by Crippen LogP contribution is -2.78. The normalized spacial score (nSPS) is 56.5. The molecule has 4 unspecified atom stereocenters. The highest BCUT2D eigenvalue weighted by molar-refractivity contribution is 5.86. The van der Waals surface area contributed by atoms with Gasteiger partial charge in [0.1, 0.15) is 31.5 Å². The zero-order valence-corrected chi connectivity index (χ0v) is 43.8. The van der Waals surface area contributed by atoms with Gasteiger partial charge in [-0.15, -0.1) is 0 Å². The van der Waals surface area contributed by atoms with Gasteiger partial charge in [0, 0.05) is 60.5 Å². The summed E-state index contributed by atoms with van der Waals surface area (Å²) in [7, 11) is 0. The molecule has 0 aromatic heterocycles. The molecule has 8 saturated carbocycles. The van der Waals surface area contributed by atoms with Gasteiger partial charge in [0.2, 0.25) is 0 Å². The second kappa shape index (κ2) is 18.1. The highest BCUT2D eigenvalue weighted by Gasteiger charge is 2.78. The molecule has 2 saturated heterocycles. The summed E-state index contributed by atoms with van der Waals surface area (Å²) in [6, 6.07) is 0. The fraction of sp³-hybridized carbons (Fsp3) is 0.891. The minimum atomic E-state index is -1.67. The fourth-order valence-corrected chi connectivity index (χ4v) is 19.5. The van der Waals surface area contributed by atoms with E-state index in [0.29, 0.717) is 51.4 Å². The molecule has 20 heteroatoms. The molecule has 0 radical (unpaired) electrons. The van der Waals surface area contributed by atoms with Gasteiger partial charge in [-0.2, -0.15) is 0 Å². The Morgan fingerprint density at radius 2 is 1.20 bits per heavy atom. The fourth-order valence-electron chi connectivity index (χ4n) is 19.5. The van der Waals surface area contributed by atoms with Crippen molar-refractivity contribution in [3.63, 3.8) is 0 Å². The molecule has 8 aliphatic carbocycles. The van der Waals surface area contributed by atoms with Gasteiger partial charge in [0.15, 0.2) is 12.1 Å². The van der Waals surface area contributed by atoms with Gasteiger partial charge in [0.05, 0.1) is 89.2 Å². The van der Waals surface area contributed by atoms with Gasteiger partial charge in [-0.05, 0) is 120 Å². The molecular weight excluding hydrogens is 981 g/mol. The average molecular weight is 1060 g/mol. The van der Waals surface area contributed by atoms with Gasteiger partial charge in [-0.3, -0.25) is 0 Å². The van der Waals surface area contributed by atoms with Gasteiger partial charge in [-0.1, -0.05) is 13.8 Å². The topological polar surface area (TPSA) is 332 Å². The molecule has 1 spiro atoms. The van der Waals surface area contributed by atoms with Crippen LogP contribution in [0, 0.1) is 57.2 Å². The standard InChI is InChI=1S/C29H44O12.C26H38O8/c1-13-22(34)23(35)24(36)25(40-13)41-15-8-19(32)28(12-30)21-17(3-5-27(28,37)9-15)29(38)6-4-16(14-7-20(33)39-11-14)26(29,2)10-18(21)31;1-22(2)33-13-25-19(34-22)9-15(27)10-24(25,30)6-4-17-21(25)18(28)11-23(3)16(5-7-26(17,23)31)14-8-20(29)32-12-14/h7,13,15-19,21-25,30-32,34-38H,3-6,8-12H2,1-2H3;8,15-19,21,27-28,30-31H,4-7,9-13H2,1-3H3/t13-,15-,16+,17?,18+,19+,21?,22-,23+,24+,25-,26+,27-,28+,29-;15-,16+,17?,18+,19+,21?,23+,24-,25+,26-/m00/s1. The second-order valence-corrected chi connectivity index (χ2v) is 26.5. The lowest BCUT2D eigenvalue weighted by molar-refractivity contribution is -0.401. The van der Waals surface area contributed by atoms with Crippen LogP contribution >= 0.6 is 0 Å². The minimum absolute atomic E-state index is 0.0369. The Labute approximate surface area is 437 Å². The van der Waals surface area contributed by atoms with Gasteiger partial charge >= 0.3 is 11.9 Å². The van der Waals surface area contributed by atoms with Crippen LogP contribution < -0.4 is 0 Å². The largest absolute Gasteiger partial charge is 0.458 e. The molecule has 12 N–H and O–H groups in total. The second-order valence-electron chi connectivity index (χ2n) is 26.5. The van der Waals surface area contributed by atoms with E-state index in [-0.39, 0.29) is 75.6 Å². The Bertz CT molecular complexity index is 2330. The lowest BCUT2D eigenvalue weighted by Gasteiger charge is -2.70. The number of aliphatic hydroxyl groups is 12. The first-order valence-corrected chi connectivity index (χ1v) is 27.7. The molecule has 10 fully saturated rings. The molecule has 0 amide bonds. The van der Waals surface area contributed by atoms with Crippen molar-refractivity contribution in [2.24, 2.45) is 57.2 Å². The number of hydrogen-bond acceptors (Lipinski definition) is 20. The molecule has 422 valence electrons. The lowest BCUT2D eigenvalue weighted by atomic mass is 9.40. The van der Waals surface area contributed by atoms with Crippen molar-refractivity contribution in [1.29, 1.82) is 0 Å². The number of ether oxygens (including phenoxy) is 6. The van der Waals surface area contributed by atoms with Crippen molar-refractivity contribution in [2.75, 3.05) is 26.4 Å². The van der Waals surface area contributed by atoms with Gasteiger partial charge in [-0.25, -0.2) is 9.59 Å². The number of cyclic esters (lactones) is 2. The number of hydrogen-bond donors (Lipinski definition) is 12. The van der Waals surface area contributed by atoms with Crippen LogP contribution in [0.25, 0.3) is 0 Å². The molecule has 0 bridgehead atoms. The van der Waals surface area contributed by atoms with Crippen LogP contribution in [0.2, 0.25) is 0 Å². The summed E-state index contributed by atoms with van der Waals surface area (Å²) >= 11 is 0. The summed E-state index contributed by atoms with van der Waals surface area (Å²) in [4.78, 5) is 23.6. The van der Waals surface area contributed by atoms with Crippen LogP contribution in [-0.4, -0.2) is 195 Å². The quantitative estimate of drug-likeness (QED) is 0.127. The predicted molar refractivity (Wildman–Crippen MR) is 258 cm³/mol. The Morgan fingerprint density at radius 1 is 0.653 bits per heavy atom. The summed E-state index contributed by atoms with van der Waals surface area (Å²) in [5, 5.41) is 137. The van der Waals surface area contributed by atoms with Crippen molar-refractivity contribution < 1.29 is 99.3 Å². The maximum atomic E-state index is 12.4. The monoisotopic (exact) mass is 1060 g/mol. The molecule has 12 rings (SSSR count). The first kappa shape index (κ1) is 54.7. The molecule has 12 aliphatic rings. The van der Waals surface area contributed by atoms with Crippen LogP contribution in [0.1, 0.15) is 125 Å². The third kappa shape index (κ3) is 7.58. The average Bonchev–Trinajstić information content (AvgIpc) is 4.21. The number of rotatable bonds is 5. The molecule has 4 aliphatic heterocycles. The Kier molecular flexibility index (Phi) is 13.2. The van der Waals surface area contributed by atoms with Crippen LogP contribution in [0.15, 0.2) is 23.3 Å². The predicted octanol–water partition coefficient (Wildman–Crippen LogP) is -0.0835. The van der Waals surface area contributed by atoms with Crippen LogP contribution in [0.3, 0.4) is 0 Å². The Morgan fingerprint density at radius 3 is 1.75 bits per heavy atom. The summed E-state index contributed by atoms with van der Waals surface area (Å²) in [5.41, 5.74) is -7.38. The van der Waals surface area contributed by atoms with Gasteiger partial charge < -0.3 is 89.7 Å². The molecule has 4 heterocycles. The highest BCUT2D eigenvalue weighted by Crippen LogP contribution is 2.73.